The molecule has 116 valence electrons. The quantitative estimate of drug-likeness (QED) is 0.939. The fourth-order valence-electron chi connectivity index (χ4n) is 2.76. The second-order valence-electron chi connectivity index (χ2n) is 5.34. The van der Waals surface area contributed by atoms with E-state index in [0.717, 1.165) is 30.3 Å². The van der Waals surface area contributed by atoms with Crippen LogP contribution in [0.5, 0.6) is 5.75 Å². The molecule has 1 unspecified atom stereocenters. The first-order valence-electron chi connectivity index (χ1n) is 7.29. The summed E-state index contributed by atoms with van der Waals surface area (Å²) in [5, 5.41) is 2.60. The van der Waals surface area contributed by atoms with Gasteiger partial charge in [-0.1, -0.05) is 12.1 Å². The average Bonchev–Trinajstić information content (AvgIpc) is 3.23. The van der Waals surface area contributed by atoms with Crippen molar-refractivity contribution >= 4 is 17.2 Å². The maximum absolute atomic E-state index is 12.5. The van der Waals surface area contributed by atoms with Gasteiger partial charge in [-0.15, -0.1) is 11.3 Å². The largest absolute Gasteiger partial charge is 0.497 e. The summed E-state index contributed by atoms with van der Waals surface area (Å²) in [7, 11) is 1.66. The normalized spacial score (nSPS) is 17.7. The summed E-state index contributed by atoms with van der Waals surface area (Å²) >= 11 is 1.44. The second-order valence-corrected chi connectivity index (χ2v) is 6.28. The molecule has 2 N–H and O–H groups in total. The van der Waals surface area contributed by atoms with Crippen LogP contribution in [-0.4, -0.2) is 36.0 Å². The van der Waals surface area contributed by atoms with Crippen LogP contribution in [0.25, 0.3) is 0 Å². The van der Waals surface area contributed by atoms with Gasteiger partial charge in [-0.3, -0.25) is 4.79 Å². The van der Waals surface area contributed by atoms with Crippen molar-refractivity contribution in [2.24, 2.45) is 5.73 Å². The van der Waals surface area contributed by atoms with Crippen LogP contribution in [0.2, 0.25) is 0 Å². The minimum atomic E-state index is 0.00645. The molecule has 0 saturated carbocycles. The van der Waals surface area contributed by atoms with Gasteiger partial charge in [0, 0.05) is 30.9 Å². The molecule has 1 aliphatic rings. The minimum Gasteiger partial charge on any atom is -0.497 e. The lowest BCUT2D eigenvalue weighted by molar-refractivity contribution is 0.0785. The summed E-state index contributed by atoms with van der Waals surface area (Å²) in [6.07, 6.45) is 0.978. The van der Waals surface area contributed by atoms with Crippen molar-refractivity contribution in [1.29, 1.82) is 0 Å². The number of thiazole rings is 1. The van der Waals surface area contributed by atoms with Crippen LogP contribution in [0.15, 0.2) is 29.6 Å². The van der Waals surface area contributed by atoms with Gasteiger partial charge in [-0.25, -0.2) is 4.98 Å². The molecule has 1 aromatic carbocycles. The fraction of sp³-hybridized carbons (Fsp3) is 0.375. The van der Waals surface area contributed by atoms with E-state index in [-0.39, 0.29) is 5.91 Å². The minimum absolute atomic E-state index is 0.00645. The van der Waals surface area contributed by atoms with Crippen LogP contribution in [-0.2, 0) is 6.54 Å². The lowest BCUT2D eigenvalue weighted by atomic mass is 9.98. The number of methoxy groups -OCH3 is 1. The monoisotopic (exact) mass is 317 g/mol. The molecule has 2 aromatic rings. The van der Waals surface area contributed by atoms with E-state index in [9.17, 15) is 4.79 Å². The number of benzene rings is 1. The Labute approximate surface area is 133 Å². The van der Waals surface area contributed by atoms with E-state index in [1.807, 2.05) is 17.0 Å². The molecule has 1 aromatic heterocycles. The van der Waals surface area contributed by atoms with Crippen molar-refractivity contribution in [1.82, 2.24) is 9.88 Å². The first-order valence-corrected chi connectivity index (χ1v) is 8.17. The molecule has 0 spiro atoms. The van der Waals surface area contributed by atoms with E-state index >= 15 is 0 Å². The smallest absolute Gasteiger partial charge is 0.273 e. The van der Waals surface area contributed by atoms with Gasteiger partial charge in [0.05, 0.1) is 7.11 Å². The third-order valence-corrected chi connectivity index (χ3v) is 4.88. The first kappa shape index (κ1) is 15.0. The fourth-order valence-corrected chi connectivity index (χ4v) is 3.41. The number of rotatable bonds is 4. The van der Waals surface area contributed by atoms with Crippen molar-refractivity contribution < 1.29 is 9.53 Å². The van der Waals surface area contributed by atoms with Crippen molar-refractivity contribution in [3.05, 3.63) is 45.9 Å². The molecule has 0 radical (unpaired) electrons. The van der Waals surface area contributed by atoms with E-state index < -0.39 is 0 Å². The number of aromatic nitrogens is 1. The summed E-state index contributed by atoms with van der Waals surface area (Å²) in [5.41, 5.74) is 7.31. The van der Waals surface area contributed by atoms with Gasteiger partial charge >= 0.3 is 0 Å². The predicted octanol–water partition coefficient (Wildman–Crippen LogP) is 2.24. The van der Waals surface area contributed by atoms with E-state index in [0.29, 0.717) is 18.2 Å². The molecule has 1 aliphatic heterocycles. The number of carbonyl (C=O) groups excluding carboxylic acids is 1. The van der Waals surface area contributed by atoms with Crippen LogP contribution in [0.1, 0.15) is 33.4 Å². The van der Waals surface area contributed by atoms with E-state index in [2.05, 4.69) is 17.1 Å². The zero-order valence-electron chi connectivity index (χ0n) is 12.5. The van der Waals surface area contributed by atoms with Gasteiger partial charge in [0.2, 0.25) is 0 Å². The highest BCUT2D eigenvalue weighted by atomic mass is 32.1. The highest BCUT2D eigenvalue weighted by Crippen LogP contribution is 2.29. The average molecular weight is 317 g/mol. The van der Waals surface area contributed by atoms with Crippen LogP contribution in [0.4, 0.5) is 0 Å². The third kappa shape index (κ3) is 2.98. The summed E-state index contributed by atoms with van der Waals surface area (Å²) < 4.78 is 5.18. The summed E-state index contributed by atoms with van der Waals surface area (Å²) in [6, 6.07) is 8.08. The number of nitrogens with two attached hydrogens (primary N) is 1. The number of hydrogen-bond donors (Lipinski definition) is 1. The molecule has 6 heteroatoms. The Kier molecular flexibility index (Phi) is 4.40. The summed E-state index contributed by atoms with van der Waals surface area (Å²) in [4.78, 5) is 18.6. The standard InChI is InChI=1S/C16H19N3O2S/c1-21-13-4-2-11(3-5-13)12-6-7-19(9-12)16(20)14-10-22-15(8-17)18-14/h2-5,10,12H,6-9,17H2,1H3. The molecule has 22 heavy (non-hydrogen) atoms. The predicted molar refractivity (Wildman–Crippen MR) is 86.3 cm³/mol. The highest BCUT2D eigenvalue weighted by molar-refractivity contribution is 7.09. The zero-order valence-corrected chi connectivity index (χ0v) is 13.3. The van der Waals surface area contributed by atoms with Crippen LogP contribution < -0.4 is 10.5 Å². The number of amides is 1. The second kappa shape index (κ2) is 6.46. The van der Waals surface area contributed by atoms with E-state index in [1.54, 1.807) is 12.5 Å². The maximum atomic E-state index is 12.5. The number of ether oxygens (including phenoxy) is 1. The molecule has 1 amide bonds. The number of hydrogen-bond acceptors (Lipinski definition) is 5. The number of likely N-dealkylation sites (tertiary alicyclic amines) is 1. The molecule has 1 saturated heterocycles. The Morgan fingerprint density at radius 2 is 2.23 bits per heavy atom. The van der Waals surface area contributed by atoms with Gasteiger partial charge in [0.25, 0.3) is 5.91 Å². The Morgan fingerprint density at radius 1 is 1.45 bits per heavy atom. The molecule has 3 rings (SSSR count). The Balaban J connectivity index is 1.67. The van der Waals surface area contributed by atoms with Gasteiger partial charge in [-0.2, -0.15) is 0 Å². The topological polar surface area (TPSA) is 68.5 Å². The van der Waals surface area contributed by atoms with Crippen LogP contribution >= 0.6 is 11.3 Å². The van der Waals surface area contributed by atoms with Crippen LogP contribution in [0, 0.1) is 0 Å². The molecule has 5 nitrogen and oxygen atoms in total. The molecular formula is C16H19N3O2S. The molecule has 0 aliphatic carbocycles. The third-order valence-electron chi connectivity index (χ3n) is 4.01. The van der Waals surface area contributed by atoms with E-state index in [4.69, 9.17) is 10.5 Å². The van der Waals surface area contributed by atoms with Gasteiger partial charge in [0.15, 0.2) is 0 Å². The summed E-state index contributed by atoms with van der Waals surface area (Å²) in [6.45, 7) is 1.89. The van der Waals surface area contributed by atoms with Gasteiger partial charge < -0.3 is 15.4 Å². The molecule has 1 fully saturated rings. The van der Waals surface area contributed by atoms with E-state index in [1.165, 1.54) is 16.9 Å². The molecule has 0 bridgehead atoms. The Hall–Kier alpha value is -1.92. The lowest BCUT2D eigenvalue weighted by Gasteiger charge is -2.15. The van der Waals surface area contributed by atoms with Crippen molar-refractivity contribution in [3.8, 4) is 5.75 Å². The molecule has 1 atom stereocenters. The zero-order chi connectivity index (χ0) is 15.5. The van der Waals surface area contributed by atoms with Gasteiger partial charge in [-0.05, 0) is 24.1 Å². The first-order chi connectivity index (χ1) is 10.7. The highest BCUT2D eigenvalue weighted by Gasteiger charge is 2.29. The number of nitrogens with zero attached hydrogens (tertiary/aromatic N) is 2. The van der Waals surface area contributed by atoms with Crippen molar-refractivity contribution in [2.75, 3.05) is 20.2 Å². The Morgan fingerprint density at radius 3 is 2.86 bits per heavy atom. The lowest BCUT2D eigenvalue weighted by Crippen LogP contribution is -2.28. The van der Waals surface area contributed by atoms with Crippen molar-refractivity contribution in [2.45, 2.75) is 18.9 Å². The SMILES string of the molecule is COc1ccc(C2CCN(C(=O)c3csc(CN)n3)C2)cc1. The summed E-state index contributed by atoms with van der Waals surface area (Å²) in [5.74, 6) is 1.24. The maximum Gasteiger partial charge on any atom is 0.273 e. The van der Waals surface area contributed by atoms with Gasteiger partial charge in [0.1, 0.15) is 16.5 Å². The number of carbonyl (C=O) groups is 1. The Bertz CT molecular complexity index is 654. The molecule has 2 heterocycles. The van der Waals surface area contributed by atoms with Crippen molar-refractivity contribution in [3.63, 3.8) is 0 Å². The van der Waals surface area contributed by atoms with Crippen LogP contribution in [0.3, 0.4) is 0 Å². The molecular weight excluding hydrogens is 298 g/mol.